The minimum atomic E-state index is -0.0214. The molecule has 20 heavy (non-hydrogen) atoms. The highest BCUT2D eigenvalue weighted by Gasteiger charge is 2.10. The van der Waals surface area contributed by atoms with Gasteiger partial charge in [0.1, 0.15) is 0 Å². The molecular formula is C14H17N3O2S. The van der Waals surface area contributed by atoms with Crippen LogP contribution in [0.4, 0.5) is 0 Å². The zero-order chi connectivity index (χ0) is 14.4. The molecule has 1 heterocycles. The fourth-order valence-corrected chi connectivity index (χ4v) is 2.12. The molecule has 0 unspecified atom stereocenters. The van der Waals surface area contributed by atoms with Gasteiger partial charge in [-0.1, -0.05) is 36.4 Å². The minimum Gasteiger partial charge on any atom is -0.411 e. The van der Waals surface area contributed by atoms with E-state index in [0.717, 1.165) is 12.0 Å². The van der Waals surface area contributed by atoms with Crippen LogP contribution in [0.1, 0.15) is 18.9 Å². The predicted octanol–water partition coefficient (Wildman–Crippen LogP) is 2.66. The van der Waals surface area contributed by atoms with Crippen molar-refractivity contribution >= 4 is 17.7 Å². The fourth-order valence-electron chi connectivity index (χ4n) is 1.52. The van der Waals surface area contributed by atoms with Gasteiger partial charge in [-0.2, -0.15) is 0 Å². The lowest BCUT2D eigenvalue weighted by atomic mass is 10.1. The van der Waals surface area contributed by atoms with Gasteiger partial charge in [0.2, 0.25) is 11.8 Å². The van der Waals surface area contributed by atoms with E-state index in [1.165, 1.54) is 17.3 Å². The number of rotatable bonds is 6. The van der Waals surface area contributed by atoms with Crippen molar-refractivity contribution in [3.63, 3.8) is 0 Å². The number of aromatic nitrogens is 2. The Morgan fingerprint density at radius 2 is 2.05 bits per heavy atom. The average molecular weight is 291 g/mol. The van der Waals surface area contributed by atoms with Gasteiger partial charge >= 0.3 is 0 Å². The number of carbonyl (C=O) groups excluding carboxylic acids is 1. The van der Waals surface area contributed by atoms with Crippen LogP contribution in [0.5, 0.6) is 0 Å². The molecule has 1 N–H and O–H groups in total. The number of aryl methyl sites for hydroxylation is 1. The van der Waals surface area contributed by atoms with E-state index in [1.807, 2.05) is 38.1 Å². The molecule has 0 aliphatic rings. The summed E-state index contributed by atoms with van der Waals surface area (Å²) in [4.78, 5) is 11.5. The topological polar surface area (TPSA) is 68.0 Å². The summed E-state index contributed by atoms with van der Waals surface area (Å²) >= 11 is 1.25. The second-order valence-electron chi connectivity index (χ2n) is 4.38. The molecule has 0 saturated carbocycles. The van der Waals surface area contributed by atoms with Crippen molar-refractivity contribution in [2.24, 2.45) is 0 Å². The molecule has 0 radical (unpaired) electrons. The van der Waals surface area contributed by atoms with Crippen molar-refractivity contribution in [2.75, 3.05) is 12.3 Å². The van der Waals surface area contributed by atoms with Crippen LogP contribution in [-0.2, 0) is 4.79 Å². The molecule has 0 saturated heterocycles. The molecule has 0 aliphatic heterocycles. The Kier molecular flexibility index (Phi) is 5.17. The molecular weight excluding hydrogens is 274 g/mol. The fraction of sp³-hybridized carbons (Fsp3) is 0.357. The number of thioether (sulfide) groups is 1. The first-order chi connectivity index (χ1) is 9.69. The first-order valence-electron chi connectivity index (χ1n) is 6.49. The highest BCUT2D eigenvalue weighted by Crippen LogP contribution is 2.23. The second-order valence-corrected chi connectivity index (χ2v) is 5.30. The molecule has 6 heteroatoms. The number of nitrogens with one attached hydrogen (secondary N) is 1. The van der Waals surface area contributed by atoms with Crippen LogP contribution in [0, 0.1) is 6.92 Å². The van der Waals surface area contributed by atoms with Gasteiger partial charge in [-0.3, -0.25) is 4.79 Å². The smallest absolute Gasteiger partial charge is 0.277 e. The lowest BCUT2D eigenvalue weighted by Crippen LogP contribution is -2.25. The number of benzene rings is 1. The van der Waals surface area contributed by atoms with Gasteiger partial charge in [0.15, 0.2) is 0 Å². The summed E-state index contributed by atoms with van der Waals surface area (Å²) in [5.74, 6) is 0.739. The second kappa shape index (κ2) is 7.09. The molecule has 0 aliphatic carbocycles. The number of hydrogen-bond acceptors (Lipinski definition) is 5. The summed E-state index contributed by atoms with van der Waals surface area (Å²) < 4.78 is 5.53. The van der Waals surface area contributed by atoms with Crippen LogP contribution in [-0.4, -0.2) is 28.4 Å². The van der Waals surface area contributed by atoms with Gasteiger partial charge in [0.05, 0.1) is 5.75 Å². The number of amides is 1. The van der Waals surface area contributed by atoms with E-state index in [0.29, 0.717) is 17.7 Å². The van der Waals surface area contributed by atoms with Crippen molar-refractivity contribution in [1.82, 2.24) is 15.5 Å². The number of nitrogens with zero attached hydrogens (tertiary/aromatic N) is 2. The lowest BCUT2D eigenvalue weighted by Gasteiger charge is -2.00. The summed E-state index contributed by atoms with van der Waals surface area (Å²) in [6, 6.07) is 7.85. The Labute approximate surface area is 122 Å². The molecule has 0 atom stereocenters. The Hall–Kier alpha value is -1.82. The lowest BCUT2D eigenvalue weighted by molar-refractivity contribution is -0.118. The van der Waals surface area contributed by atoms with Crippen LogP contribution in [0.2, 0.25) is 0 Å². The molecule has 0 bridgehead atoms. The van der Waals surface area contributed by atoms with Crippen molar-refractivity contribution in [2.45, 2.75) is 25.5 Å². The third-order valence-corrected chi connectivity index (χ3v) is 3.42. The van der Waals surface area contributed by atoms with Crippen LogP contribution in [0.25, 0.3) is 11.5 Å². The van der Waals surface area contributed by atoms with Gasteiger partial charge in [0.25, 0.3) is 5.22 Å². The quantitative estimate of drug-likeness (QED) is 0.829. The van der Waals surface area contributed by atoms with E-state index < -0.39 is 0 Å². The summed E-state index contributed by atoms with van der Waals surface area (Å²) in [6.07, 6.45) is 0.925. The molecule has 2 aromatic rings. The normalized spacial score (nSPS) is 10.5. The van der Waals surface area contributed by atoms with E-state index in [2.05, 4.69) is 15.5 Å². The van der Waals surface area contributed by atoms with Gasteiger partial charge in [-0.05, 0) is 25.5 Å². The molecule has 1 amide bonds. The van der Waals surface area contributed by atoms with Crippen LogP contribution < -0.4 is 5.32 Å². The van der Waals surface area contributed by atoms with Crippen molar-refractivity contribution in [3.05, 3.63) is 29.8 Å². The summed E-state index contributed by atoms with van der Waals surface area (Å²) in [5, 5.41) is 11.1. The van der Waals surface area contributed by atoms with Crippen molar-refractivity contribution in [3.8, 4) is 11.5 Å². The Balaban J connectivity index is 1.92. The number of hydrogen-bond donors (Lipinski definition) is 1. The standard InChI is InChI=1S/C14H17N3O2S/c1-3-8-15-12(18)9-20-14-17-16-13(19-14)11-6-4-10(2)5-7-11/h4-7H,3,8-9H2,1-2H3,(H,15,18). The largest absolute Gasteiger partial charge is 0.411 e. The van der Waals surface area contributed by atoms with E-state index in [4.69, 9.17) is 4.42 Å². The van der Waals surface area contributed by atoms with Gasteiger partial charge < -0.3 is 9.73 Å². The van der Waals surface area contributed by atoms with Crippen LogP contribution in [0.15, 0.2) is 33.9 Å². The molecule has 1 aromatic carbocycles. The molecule has 1 aromatic heterocycles. The summed E-state index contributed by atoms with van der Waals surface area (Å²) in [7, 11) is 0. The maximum absolute atomic E-state index is 11.5. The van der Waals surface area contributed by atoms with Gasteiger partial charge in [-0.25, -0.2) is 0 Å². The highest BCUT2D eigenvalue weighted by atomic mass is 32.2. The molecule has 106 valence electrons. The maximum Gasteiger partial charge on any atom is 0.277 e. The van der Waals surface area contributed by atoms with E-state index in [1.54, 1.807) is 0 Å². The van der Waals surface area contributed by atoms with Crippen molar-refractivity contribution < 1.29 is 9.21 Å². The zero-order valence-corrected chi connectivity index (χ0v) is 12.4. The number of carbonyl (C=O) groups is 1. The molecule has 2 rings (SSSR count). The summed E-state index contributed by atoms with van der Waals surface area (Å²) in [6.45, 7) is 4.73. The van der Waals surface area contributed by atoms with Gasteiger partial charge in [-0.15, -0.1) is 10.2 Å². The van der Waals surface area contributed by atoms with E-state index in [9.17, 15) is 4.79 Å². The van der Waals surface area contributed by atoms with E-state index in [-0.39, 0.29) is 11.7 Å². The SMILES string of the molecule is CCCNC(=O)CSc1nnc(-c2ccc(C)cc2)o1. The van der Waals surface area contributed by atoms with Crippen LogP contribution in [0.3, 0.4) is 0 Å². The van der Waals surface area contributed by atoms with E-state index >= 15 is 0 Å². The average Bonchev–Trinajstić information content (AvgIpc) is 2.92. The monoisotopic (exact) mass is 291 g/mol. The highest BCUT2D eigenvalue weighted by molar-refractivity contribution is 7.99. The maximum atomic E-state index is 11.5. The Morgan fingerprint density at radius 1 is 1.30 bits per heavy atom. The van der Waals surface area contributed by atoms with Crippen LogP contribution >= 0.6 is 11.8 Å². The predicted molar refractivity (Wildman–Crippen MR) is 78.5 cm³/mol. The minimum absolute atomic E-state index is 0.0214. The molecule has 0 fully saturated rings. The van der Waals surface area contributed by atoms with Gasteiger partial charge in [0, 0.05) is 12.1 Å². The summed E-state index contributed by atoms with van der Waals surface area (Å²) in [5.41, 5.74) is 2.06. The first-order valence-corrected chi connectivity index (χ1v) is 7.47. The third-order valence-electron chi connectivity index (χ3n) is 2.60. The Morgan fingerprint density at radius 3 is 2.75 bits per heavy atom. The zero-order valence-electron chi connectivity index (χ0n) is 11.5. The Bertz CT molecular complexity index is 566. The molecule has 5 nitrogen and oxygen atoms in total. The molecule has 0 spiro atoms. The van der Waals surface area contributed by atoms with Crippen molar-refractivity contribution in [1.29, 1.82) is 0 Å². The first kappa shape index (κ1) is 14.6. The third kappa shape index (κ3) is 4.09.